The largest absolute Gasteiger partial charge is 0.534 e. The molecule has 3 heterocycles. The molecule has 4 unspecified atom stereocenters. The van der Waals surface area contributed by atoms with E-state index in [9.17, 15) is 38.9 Å². The molecule has 0 aromatic heterocycles. The van der Waals surface area contributed by atoms with Crippen molar-refractivity contribution in [1.82, 2.24) is 26.3 Å². The summed E-state index contributed by atoms with van der Waals surface area (Å²) in [6.45, 7) is 2.77. The third kappa shape index (κ3) is 11.5. The predicted molar refractivity (Wildman–Crippen MR) is 175 cm³/mol. The number of carbonyl (C=O) groups is 6. The number of nitro groups is 1. The number of carbonyl (C=O) groups excluding carboxylic acids is 6. The maximum Gasteiger partial charge on any atom is 0.534 e. The molecular weight excluding hydrogens is 680 g/mol. The molecule has 0 radical (unpaired) electrons. The van der Waals surface area contributed by atoms with Gasteiger partial charge in [-0.05, 0) is 31.4 Å². The third-order valence-corrected chi connectivity index (χ3v) is 9.66. The Morgan fingerprint density at radius 3 is 2.46 bits per heavy atom. The average molecular weight is 723 g/mol. The summed E-state index contributed by atoms with van der Waals surface area (Å²) < 4.78 is 16.0. The first-order valence-electron chi connectivity index (χ1n) is 16.4. The fraction of sp³-hybridized carbons (Fsp3) is 0.613. The average Bonchev–Trinajstić information content (AvgIpc) is 3.74. The Balaban J connectivity index is 1.02. The van der Waals surface area contributed by atoms with E-state index in [1.54, 1.807) is 0 Å². The van der Waals surface area contributed by atoms with Crippen LogP contribution < -0.4 is 21.3 Å². The van der Waals surface area contributed by atoms with Crippen LogP contribution >= 0.6 is 11.8 Å². The number of rotatable bonds is 20. The number of nitro benzene ring substituents is 1. The Kier molecular flexibility index (Phi) is 14.6. The normalized spacial score (nSPS) is 20.1. The summed E-state index contributed by atoms with van der Waals surface area (Å²) in [6.07, 6.45) is 0.385. The van der Waals surface area contributed by atoms with Gasteiger partial charge in [0.05, 0.1) is 49.0 Å². The number of amides is 6. The number of hydroxylamine groups is 2. The summed E-state index contributed by atoms with van der Waals surface area (Å²) in [5.74, 6) is -0.838. The van der Waals surface area contributed by atoms with Crippen LogP contribution in [0, 0.1) is 10.1 Å². The van der Waals surface area contributed by atoms with Crippen LogP contribution in [0.5, 0.6) is 0 Å². The van der Waals surface area contributed by atoms with Crippen molar-refractivity contribution in [2.75, 3.05) is 38.7 Å². The van der Waals surface area contributed by atoms with E-state index in [2.05, 4.69) is 26.1 Å². The minimum atomic E-state index is -1.37. The maximum atomic E-state index is 12.3. The number of ether oxygens (including phenoxy) is 3. The summed E-state index contributed by atoms with van der Waals surface area (Å²) >= 11 is 1.86. The van der Waals surface area contributed by atoms with Crippen LogP contribution in [-0.2, 0) is 44.8 Å². The number of nitrogens with zero attached hydrogens (tertiary/aromatic N) is 2. The highest BCUT2D eigenvalue weighted by Crippen LogP contribution is 2.33. The molecule has 3 saturated heterocycles. The lowest BCUT2D eigenvalue weighted by atomic mass is 10.0. The van der Waals surface area contributed by atoms with Crippen molar-refractivity contribution in [2.24, 2.45) is 0 Å². The van der Waals surface area contributed by atoms with Crippen molar-refractivity contribution in [2.45, 2.75) is 81.9 Å². The molecule has 3 aliphatic heterocycles. The Hall–Kier alpha value is -4.49. The van der Waals surface area contributed by atoms with Crippen LogP contribution in [0.25, 0.3) is 0 Å². The summed E-state index contributed by atoms with van der Waals surface area (Å²) in [5.41, 5.74) is 0.177. The SMILES string of the molecule is CC(OC(=O)ON1C(=O)CCC1=O)c1cc(CNC(=O)CCOCCOCCNC(=O)CCCCC2SCC3NC(=O)NC32)ccc1[N+](=O)[O-]. The van der Waals surface area contributed by atoms with Gasteiger partial charge in [0.2, 0.25) is 11.8 Å². The van der Waals surface area contributed by atoms with Crippen LogP contribution in [-0.4, -0.2) is 102 Å². The van der Waals surface area contributed by atoms with Crippen molar-refractivity contribution < 1.29 is 52.7 Å². The molecule has 0 bridgehead atoms. The zero-order chi connectivity index (χ0) is 36.0. The monoisotopic (exact) mass is 722 g/mol. The summed E-state index contributed by atoms with van der Waals surface area (Å²) in [5, 5.41) is 23.7. The number of imide groups is 1. The number of benzene rings is 1. The first kappa shape index (κ1) is 38.3. The standard InChI is InChI=1S/C31H42N6O12S/c1-19(48-31(43)49-36-27(40)8-9-28(36)41)21-16-20(6-7-23(21)37(44)45)17-33-26(39)10-12-46-14-15-47-13-11-32-25(38)5-3-2-4-24-29-22(18-50-24)34-30(42)35-29/h6-7,16,19,22,24,29H,2-5,8-15,17-18H2,1H3,(H,32,38)(H,33,39)(H2,34,35,42). The summed E-state index contributed by atoms with van der Waals surface area (Å²) in [4.78, 5) is 86.8. The molecule has 274 valence electrons. The van der Waals surface area contributed by atoms with Gasteiger partial charge in [-0.3, -0.25) is 34.1 Å². The second-order valence-corrected chi connectivity index (χ2v) is 13.1. The Morgan fingerprint density at radius 1 is 1.00 bits per heavy atom. The van der Waals surface area contributed by atoms with Gasteiger partial charge in [-0.15, -0.1) is 0 Å². The smallest absolute Gasteiger partial charge is 0.425 e. The van der Waals surface area contributed by atoms with Gasteiger partial charge >= 0.3 is 12.2 Å². The van der Waals surface area contributed by atoms with E-state index < -0.39 is 29.0 Å². The lowest BCUT2D eigenvalue weighted by Gasteiger charge is -2.17. The molecule has 4 rings (SSSR count). The number of hydrogen-bond acceptors (Lipinski definition) is 13. The van der Waals surface area contributed by atoms with Crippen molar-refractivity contribution in [3.8, 4) is 0 Å². The number of nitrogens with one attached hydrogen (secondary N) is 4. The van der Waals surface area contributed by atoms with Crippen molar-refractivity contribution in [3.63, 3.8) is 0 Å². The van der Waals surface area contributed by atoms with Crippen molar-refractivity contribution in [1.29, 1.82) is 0 Å². The molecule has 1 aromatic rings. The Morgan fingerprint density at radius 2 is 1.72 bits per heavy atom. The number of thioether (sulfide) groups is 1. The van der Waals surface area contributed by atoms with Crippen molar-refractivity contribution in [3.05, 3.63) is 39.4 Å². The quantitative estimate of drug-likeness (QED) is 0.0376. The third-order valence-electron chi connectivity index (χ3n) is 8.16. The van der Waals surface area contributed by atoms with E-state index in [1.165, 1.54) is 25.1 Å². The molecule has 4 N–H and O–H groups in total. The summed E-state index contributed by atoms with van der Waals surface area (Å²) in [6, 6.07) is 4.35. The highest BCUT2D eigenvalue weighted by atomic mass is 32.2. The molecule has 4 atom stereocenters. The molecule has 19 heteroatoms. The minimum Gasteiger partial charge on any atom is -0.425 e. The van der Waals surface area contributed by atoms with Gasteiger partial charge in [0.25, 0.3) is 17.5 Å². The van der Waals surface area contributed by atoms with Crippen LogP contribution in [0.3, 0.4) is 0 Å². The van der Waals surface area contributed by atoms with Gasteiger partial charge in [-0.1, -0.05) is 17.6 Å². The highest BCUT2D eigenvalue weighted by Gasteiger charge is 2.42. The first-order chi connectivity index (χ1) is 24.0. The van der Waals surface area contributed by atoms with Gasteiger partial charge in [0, 0.05) is 55.8 Å². The zero-order valence-electron chi connectivity index (χ0n) is 27.6. The van der Waals surface area contributed by atoms with Gasteiger partial charge in [0.1, 0.15) is 6.10 Å². The molecular formula is C31H42N6O12S. The van der Waals surface area contributed by atoms with E-state index in [4.69, 9.17) is 14.2 Å². The lowest BCUT2D eigenvalue weighted by molar-refractivity contribution is -0.386. The predicted octanol–water partition coefficient (Wildman–Crippen LogP) is 1.75. The second kappa shape index (κ2) is 19.0. The molecule has 0 saturated carbocycles. The van der Waals surface area contributed by atoms with Crippen LogP contribution in [0.2, 0.25) is 0 Å². The van der Waals surface area contributed by atoms with E-state index >= 15 is 0 Å². The molecule has 3 fully saturated rings. The lowest BCUT2D eigenvalue weighted by Crippen LogP contribution is -2.36. The Labute approximate surface area is 292 Å². The fourth-order valence-corrected chi connectivity index (χ4v) is 7.11. The van der Waals surface area contributed by atoms with E-state index in [0.29, 0.717) is 35.4 Å². The van der Waals surface area contributed by atoms with Crippen LogP contribution in [0.1, 0.15) is 69.1 Å². The van der Waals surface area contributed by atoms with E-state index in [1.807, 2.05) is 11.8 Å². The van der Waals surface area contributed by atoms with E-state index in [0.717, 1.165) is 25.0 Å². The number of fused-ring (bicyclic) bond motifs is 1. The molecule has 6 amide bonds. The number of hydrogen-bond donors (Lipinski definition) is 4. The van der Waals surface area contributed by atoms with Crippen LogP contribution in [0.15, 0.2) is 18.2 Å². The van der Waals surface area contributed by atoms with Gasteiger partial charge in [-0.2, -0.15) is 11.8 Å². The summed E-state index contributed by atoms with van der Waals surface area (Å²) in [7, 11) is 0. The fourth-order valence-electron chi connectivity index (χ4n) is 5.57. The molecule has 1 aromatic carbocycles. The Bertz CT molecular complexity index is 1410. The molecule has 18 nitrogen and oxygen atoms in total. The highest BCUT2D eigenvalue weighted by molar-refractivity contribution is 8.00. The van der Waals surface area contributed by atoms with Gasteiger partial charge < -0.3 is 35.5 Å². The van der Waals surface area contributed by atoms with Gasteiger partial charge in [0.15, 0.2) is 0 Å². The topological polar surface area (TPSA) is 234 Å². The molecule has 0 aliphatic carbocycles. The molecule has 0 spiro atoms. The number of urea groups is 1. The van der Waals surface area contributed by atoms with Crippen molar-refractivity contribution >= 4 is 53.3 Å². The maximum absolute atomic E-state index is 12.3. The first-order valence-corrected chi connectivity index (χ1v) is 17.5. The molecule has 50 heavy (non-hydrogen) atoms. The van der Waals surface area contributed by atoms with Gasteiger partial charge in [-0.25, -0.2) is 9.59 Å². The minimum absolute atomic E-state index is 0.0210. The second-order valence-electron chi connectivity index (χ2n) is 11.8. The van der Waals surface area contributed by atoms with E-state index in [-0.39, 0.29) is 86.8 Å². The van der Waals surface area contributed by atoms with Crippen LogP contribution in [0.4, 0.5) is 15.3 Å². The number of unbranched alkanes of at least 4 members (excludes halogenated alkanes) is 1. The zero-order valence-corrected chi connectivity index (χ0v) is 28.5. The molecule has 3 aliphatic rings.